The highest BCUT2D eigenvalue weighted by atomic mass is 14.6. The van der Waals surface area contributed by atoms with E-state index < -0.39 is 0 Å². The lowest BCUT2D eigenvalue weighted by molar-refractivity contribution is 0.141. The summed E-state index contributed by atoms with van der Waals surface area (Å²) < 4.78 is 0. The van der Waals surface area contributed by atoms with Gasteiger partial charge in [0.15, 0.2) is 0 Å². The summed E-state index contributed by atoms with van der Waals surface area (Å²) >= 11 is 0. The average Bonchev–Trinajstić information content (AvgIpc) is 2.76. The highest BCUT2D eigenvalue weighted by Gasteiger charge is 2.40. The minimum absolute atomic E-state index is 0.108. The van der Waals surface area contributed by atoms with Crippen molar-refractivity contribution in [3.05, 3.63) is 59.7 Å². The fourth-order valence-electron chi connectivity index (χ4n) is 6.31. The summed E-state index contributed by atoms with van der Waals surface area (Å²) in [5.74, 6) is 2.87. The fraction of sp³-hybridized carbons (Fsp3) is 0.556. The summed E-state index contributed by atoms with van der Waals surface area (Å²) in [6.07, 6.45) is 13.8. The summed E-state index contributed by atoms with van der Waals surface area (Å²) in [6, 6.07) is 17.3. The van der Waals surface area contributed by atoms with E-state index in [4.69, 9.17) is 11.5 Å². The van der Waals surface area contributed by atoms with Crippen molar-refractivity contribution in [2.45, 2.75) is 76.5 Å². The summed E-state index contributed by atoms with van der Waals surface area (Å²) in [5.41, 5.74) is 16.6. The van der Waals surface area contributed by atoms with E-state index in [1.54, 1.807) is 0 Å². The Labute approximate surface area is 177 Å². The third-order valence-electron chi connectivity index (χ3n) is 8.07. The molecule has 2 saturated carbocycles. The van der Waals surface area contributed by atoms with Gasteiger partial charge < -0.3 is 11.5 Å². The second-order valence-electron chi connectivity index (χ2n) is 9.73. The van der Waals surface area contributed by atoms with Crippen LogP contribution in [-0.2, 0) is 5.41 Å². The second-order valence-corrected chi connectivity index (χ2v) is 9.73. The van der Waals surface area contributed by atoms with Crippen LogP contribution in [0.2, 0.25) is 0 Å². The molecule has 2 aliphatic carbocycles. The van der Waals surface area contributed by atoms with E-state index in [9.17, 15) is 0 Å². The monoisotopic (exact) mass is 390 g/mol. The summed E-state index contributed by atoms with van der Waals surface area (Å²) in [6.45, 7) is 2.33. The van der Waals surface area contributed by atoms with Crippen LogP contribution in [0.5, 0.6) is 0 Å². The maximum Gasteiger partial charge on any atom is 0.0314 e. The number of rotatable bonds is 5. The van der Waals surface area contributed by atoms with Gasteiger partial charge in [0, 0.05) is 16.8 Å². The van der Waals surface area contributed by atoms with Crippen LogP contribution in [0, 0.1) is 17.8 Å². The van der Waals surface area contributed by atoms with Crippen LogP contribution in [0.25, 0.3) is 0 Å². The van der Waals surface area contributed by atoms with Gasteiger partial charge in [0.25, 0.3) is 0 Å². The minimum atomic E-state index is 0.108. The molecule has 0 atom stereocenters. The van der Waals surface area contributed by atoms with E-state index in [-0.39, 0.29) is 5.41 Å². The van der Waals surface area contributed by atoms with E-state index in [1.807, 2.05) is 0 Å². The van der Waals surface area contributed by atoms with Crippen LogP contribution >= 0.6 is 0 Å². The van der Waals surface area contributed by atoms with Crippen LogP contribution in [0.4, 0.5) is 11.4 Å². The number of hydrogen-bond acceptors (Lipinski definition) is 2. The van der Waals surface area contributed by atoms with Gasteiger partial charge in [-0.2, -0.15) is 0 Å². The first-order valence-electron chi connectivity index (χ1n) is 11.8. The standard InChI is InChI=1S/C27H38N2/c1-2-3-20-4-6-21(7-5-20)22-16-18-27(19-17-22,23-8-12-25(28)13-9-23)24-10-14-26(29)15-11-24/h8-15,20-22H,2-7,16-19,28-29H2,1H3/t20-,21-. The zero-order valence-electron chi connectivity index (χ0n) is 18.1. The normalized spacial score (nSPS) is 25.0. The van der Waals surface area contributed by atoms with Gasteiger partial charge in [-0.3, -0.25) is 0 Å². The van der Waals surface area contributed by atoms with E-state index in [2.05, 4.69) is 55.5 Å². The molecule has 0 heterocycles. The zero-order valence-corrected chi connectivity index (χ0v) is 18.1. The predicted molar refractivity (Wildman–Crippen MR) is 125 cm³/mol. The van der Waals surface area contributed by atoms with E-state index in [0.717, 1.165) is 29.1 Å². The first kappa shape index (κ1) is 20.3. The molecule has 0 amide bonds. The van der Waals surface area contributed by atoms with E-state index in [0.29, 0.717) is 0 Å². The molecule has 2 fully saturated rings. The molecule has 2 aromatic rings. The summed E-state index contributed by atoms with van der Waals surface area (Å²) in [5, 5.41) is 0. The molecule has 0 bridgehead atoms. The maximum absolute atomic E-state index is 5.99. The Morgan fingerprint density at radius 2 is 1.14 bits per heavy atom. The second kappa shape index (κ2) is 8.81. The Bertz CT molecular complexity index is 714. The Morgan fingerprint density at radius 1 is 0.690 bits per heavy atom. The van der Waals surface area contributed by atoms with Gasteiger partial charge in [0.05, 0.1) is 0 Å². The molecule has 29 heavy (non-hydrogen) atoms. The Morgan fingerprint density at radius 3 is 1.59 bits per heavy atom. The summed E-state index contributed by atoms with van der Waals surface area (Å²) in [7, 11) is 0. The molecule has 2 nitrogen and oxygen atoms in total. The lowest BCUT2D eigenvalue weighted by atomic mass is 9.60. The molecule has 0 unspecified atom stereocenters. The fourth-order valence-corrected chi connectivity index (χ4v) is 6.31. The SMILES string of the molecule is CCC[C@H]1CC[C@H](C2CCC(c3ccc(N)cc3)(c3ccc(N)cc3)CC2)CC1. The minimum Gasteiger partial charge on any atom is -0.399 e. The topological polar surface area (TPSA) is 52.0 Å². The number of benzene rings is 2. The average molecular weight is 391 g/mol. The molecule has 2 aliphatic rings. The molecule has 0 saturated heterocycles. The largest absolute Gasteiger partial charge is 0.399 e. The molecule has 0 radical (unpaired) electrons. The van der Waals surface area contributed by atoms with Crippen molar-refractivity contribution in [1.82, 2.24) is 0 Å². The quantitative estimate of drug-likeness (QED) is 0.544. The van der Waals surface area contributed by atoms with Crippen molar-refractivity contribution in [3.63, 3.8) is 0 Å². The van der Waals surface area contributed by atoms with Crippen molar-refractivity contribution in [1.29, 1.82) is 0 Å². The van der Waals surface area contributed by atoms with Crippen molar-refractivity contribution in [2.24, 2.45) is 17.8 Å². The van der Waals surface area contributed by atoms with Gasteiger partial charge in [-0.25, -0.2) is 0 Å². The van der Waals surface area contributed by atoms with Crippen molar-refractivity contribution in [3.8, 4) is 0 Å². The van der Waals surface area contributed by atoms with E-state index >= 15 is 0 Å². The molecule has 4 N–H and O–H groups in total. The van der Waals surface area contributed by atoms with Crippen molar-refractivity contribution >= 4 is 11.4 Å². The molecule has 2 heteroatoms. The zero-order chi connectivity index (χ0) is 20.3. The third kappa shape index (κ3) is 4.32. The molecule has 0 aliphatic heterocycles. The smallest absolute Gasteiger partial charge is 0.0314 e. The van der Waals surface area contributed by atoms with Crippen LogP contribution in [0.3, 0.4) is 0 Å². The molecular formula is C27H38N2. The summed E-state index contributed by atoms with van der Waals surface area (Å²) in [4.78, 5) is 0. The molecule has 2 aromatic carbocycles. The van der Waals surface area contributed by atoms with E-state index in [1.165, 1.54) is 75.3 Å². The number of anilines is 2. The van der Waals surface area contributed by atoms with Crippen LogP contribution < -0.4 is 11.5 Å². The number of hydrogen-bond donors (Lipinski definition) is 2. The Balaban J connectivity index is 1.51. The number of nitrogens with two attached hydrogens (primary N) is 2. The van der Waals surface area contributed by atoms with Crippen molar-refractivity contribution < 1.29 is 0 Å². The van der Waals surface area contributed by atoms with Gasteiger partial charge in [0.1, 0.15) is 0 Å². The van der Waals surface area contributed by atoms with Crippen LogP contribution in [0.1, 0.15) is 82.3 Å². The number of nitrogen functional groups attached to an aromatic ring is 2. The lowest BCUT2D eigenvalue weighted by Gasteiger charge is -2.44. The molecule has 0 spiro atoms. The highest BCUT2D eigenvalue weighted by molar-refractivity contribution is 5.49. The van der Waals surface area contributed by atoms with Crippen molar-refractivity contribution in [2.75, 3.05) is 11.5 Å². The predicted octanol–water partition coefficient (Wildman–Crippen LogP) is 6.93. The van der Waals surface area contributed by atoms with Gasteiger partial charge >= 0.3 is 0 Å². The molecular weight excluding hydrogens is 352 g/mol. The Kier molecular flexibility index (Phi) is 6.18. The van der Waals surface area contributed by atoms with Gasteiger partial charge in [0.2, 0.25) is 0 Å². The maximum atomic E-state index is 5.99. The molecule has 4 rings (SSSR count). The third-order valence-corrected chi connectivity index (χ3v) is 8.07. The Hall–Kier alpha value is -1.96. The highest BCUT2D eigenvalue weighted by Crippen LogP contribution is 2.50. The van der Waals surface area contributed by atoms with Crippen LogP contribution in [0.15, 0.2) is 48.5 Å². The lowest BCUT2D eigenvalue weighted by Crippen LogP contribution is -2.36. The first-order valence-corrected chi connectivity index (χ1v) is 11.8. The molecule has 0 aromatic heterocycles. The molecule has 156 valence electrons. The van der Waals surface area contributed by atoms with Crippen LogP contribution in [-0.4, -0.2) is 0 Å². The van der Waals surface area contributed by atoms with Gasteiger partial charge in [-0.05, 0) is 91.7 Å². The van der Waals surface area contributed by atoms with Gasteiger partial charge in [-0.1, -0.05) is 56.9 Å². The first-order chi connectivity index (χ1) is 14.1. The van der Waals surface area contributed by atoms with Gasteiger partial charge in [-0.15, -0.1) is 0 Å².